The third kappa shape index (κ3) is 2.91. The zero-order valence-electron chi connectivity index (χ0n) is 13.4. The van der Waals surface area contributed by atoms with Crippen LogP contribution in [0.2, 0.25) is 0 Å². The molecule has 0 amide bonds. The second-order valence-corrected chi connectivity index (χ2v) is 6.34. The van der Waals surface area contributed by atoms with Gasteiger partial charge in [-0.05, 0) is 40.5 Å². The van der Waals surface area contributed by atoms with Crippen molar-refractivity contribution in [3.8, 4) is 11.5 Å². The highest BCUT2D eigenvalue weighted by atomic mass is 79.9. The average Bonchev–Trinajstić information content (AvgIpc) is 2.54. The number of methoxy groups -OCH3 is 2. The highest BCUT2D eigenvalue weighted by Gasteiger charge is 2.46. The van der Waals surface area contributed by atoms with Crippen molar-refractivity contribution in [1.82, 2.24) is 0 Å². The van der Waals surface area contributed by atoms with E-state index in [0.29, 0.717) is 21.5 Å². The number of aliphatic carboxylic acids is 2. The van der Waals surface area contributed by atoms with Crippen molar-refractivity contribution in [2.24, 2.45) is 5.41 Å². The number of carboxylic acid groups (broad SMARTS) is 2. The first-order valence-corrected chi connectivity index (χ1v) is 7.83. The van der Waals surface area contributed by atoms with Crippen LogP contribution in [0.5, 0.6) is 11.5 Å². The highest BCUT2D eigenvalue weighted by molar-refractivity contribution is 9.10. The molecule has 0 saturated heterocycles. The number of hydrogen-bond acceptors (Lipinski definition) is 4. The topological polar surface area (TPSA) is 93.1 Å². The first-order chi connectivity index (χ1) is 11.3. The second-order valence-electron chi connectivity index (χ2n) is 5.55. The fraction of sp³-hybridized carbons (Fsp3) is 0.294. The van der Waals surface area contributed by atoms with Crippen molar-refractivity contribution < 1.29 is 29.3 Å². The molecule has 6 nitrogen and oxygen atoms in total. The van der Waals surface area contributed by atoms with Gasteiger partial charge in [-0.3, -0.25) is 4.79 Å². The van der Waals surface area contributed by atoms with Crippen molar-refractivity contribution in [3.05, 3.63) is 46.0 Å². The molecule has 24 heavy (non-hydrogen) atoms. The number of ether oxygens (including phenoxy) is 2. The Morgan fingerprint density at radius 1 is 1.17 bits per heavy atom. The maximum Gasteiger partial charge on any atom is 0.332 e. The Kier molecular flexibility index (Phi) is 5.03. The molecule has 0 aliphatic heterocycles. The summed E-state index contributed by atoms with van der Waals surface area (Å²) in [6.45, 7) is 1.49. The SMILES string of the molecule is COc1cc(C2C(C(=O)O)=CC=CC2(C)C(=O)O)cc(OC)c1Br. The first kappa shape index (κ1) is 18.1. The van der Waals surface area contributed by atoms with Crippen LogP contribution in [0.3, 0.4) is 0 Å². The number of benzene rings is 1. The van der Waals surface area contributed by atoms with Crippen LogP contribution in [0.15, 0.2) is 40.4 Å². The Labute approximate surface area is 147 Å². The molecule has 0 aromatic heterocycles. The quantitative estimate of drug-likeness (QED) is 0.793. The Bertz CT molecular complexity index is 726. The number of allylic oxidation sites excluding steroid dienone is 2. The van der Waals surface area contributed by atoms with E-state index in [1.807, 2.05) is 0 Å². The molecule has 7 heteroatoms. The van der Waals surface area contributed by atoms with E-state index in [2.05, 4.69) is 15.9 Å². The van der Waals surface area contributed by atoms with Crippen LogP contribution in [0.4, 0.5) is 0 Å². The monoisotopic (exact) mass is 396 g/mol. The summed E-state index contributed by atoms with van der Waals surface area (Å²) in [5.74, 6) is -2.32. The van der Waals surface area contributed by atoms with Gasteiger partial charge in [-0.15, -0.1) is 0 Å². The fourth-order valence-corrected chi connectivity index (χ4v) is 3.39. The minimum Gasteiger partial charge on any atom is -0.495 e. The predicted octanol–water partition coefficient (Wildman–Crippen LogP) is 3.22. The minimum atomic E-state index is -1.41. The lowest BCUT2D eigenvalue weighted by atomic mass is 9.67. The summed E-state index contributed by atoms with van der Waals surface area (Å²) in [6.07, 6.45) is 4.37. The van der Waals surface area contributed by atoms with Crippen LogP contribution in [0.1, 0.15) is 18.4 Å². The molecule has 0 bridgehead atoms. The molecular weight excluding hydrogens is 380 g/mol. The molecule has 0 heterocycles. The van der Waals surface area contributed by atoms with Crippen LogP contribution in [-0.4, -0.2) is 36.4 Å². The van der Waals surface area contributed by atoms with Crippen molar-refractivity contribution in [3.63, 3.8) is 0 Å². The summed E-state index contributed by atoms with van der Waals surface area (Å²) >= 11 is 3.35. The van der Waals surface area contributed by atoms with Crippen LogP contribution in [0.25, 0.3) is 0 Å². The lowest BCUT2D eigenvalue weighted by molar-refractivity contribution is -0.146. The Morgan fingerprint density at radius 2 is 1.71 bits per heavy atom. The van der Waals surface area contributed by atoms with Gasteiger partial charge in [0.25, 0.3) is 0 Å². The molecule has 1 aromatic rings. The standard InChI is InChI=1S/C17H17BrO6/c1-17(16(21)22)6-4-5-10(15(19)20)13(17)9-7-11(23-2)14(18)12(8-9)24-3/h4-8,13H,1-3H3,(H,19,20)(H,21,22). The summed E-state index contributed by atoms with van der Waals surface area (Å²) in [4.78, 5) is 23.5. The van der Waals surface area contributed by atoms with E-state index < -0.39 is 23.3 Å². The van der Waals surface area contributed by atoms with Gasteiger partial charge in [0.2, 0.25) is 0 Å². The summed E-state index contributed by atoms with van der Waals surface area (Å²) < 4.78 is 11.1. The molecule has 0 saturated carbocycles. The van der Waals surface area contributed by atoms with Gasteiger partial charge in [-0.25, -0.2) is 4.79 Å². The Balaban J connectivity index is 2.73. The number of halogens is 1. The van der Waals surface area contributed by atoms with E-state index in [0.717, 1.165) is 0 Å². The molecule has 128 valence electrons. The van der Waals surface area contributed by atoms with Gasteiger partial charge >= 0.3 is 11.9 Å². The number of rotatable bonds is 5. The van der Waals surface area contributed by atoms with Crippen molar-refractivity contribution in [2.75, 3.05) is 14.2 Å². The van der Waals surface area contributed by atoms with Gasteiger partial charge in [-0.2, -0.15) is 0 Å². The van der Waals surface area contributed by atoms with Gasteiger partial charge in [0.05, 0.1) is 19.6 Å². The molecule has 1 aliphatic rings. The summed E-state index contributed by atoms with van der Waals surface area (Å²) in [7, 11) is 2.93. The maximum atomic E-state index is 11.9. The van der Waals surface area contributed by atoms with Crippen molar-refractivity contribution in [2.45, 2.75) is 12.8 Å². The van der Waals surface area contributed by atoms with Gasteiger partial charge in [-0.1, -0.05) is 18.2 Å². The number of carbonyl (C=O) groups is 2. The van der Waals surface area contributed by atoms with E-state index in [-0.39, 0.29) is 5.57 Å². The fourth-order valence-electron chi connectivity index (χ4n) is 2.84. The minimum absolute atomic E-state index is 0.00571. The van der Waals surface area contributed by atoms with Crippen LogP contribution < -0.4 is 9.47 Å². The molecule has 2 unspecified atom stereocenters. The molecule has 2 rings (SSSR count). The molecule has 0 spiro atoms. The molecule has 1 aromatic carbocycles. The van der Waals surface area contributed by atoms with Gasteiger partial charge in [0, 0.05) is 11.5 Å². The smallest absolute Gasteiger partial charge is 0.332 e. The second kappa shape index (κ2) is 6.68. The highest BCUT2D eigenvalue weighted by Crippen LogP contribution is 2.48. The summed E-state index contributed by atoms with van der Waals surface area (Å²) in [5, 5.41) is 19.2. The van der Waals surface area contributed by atoms with Crippen molar-refractivity contribution >= 4 is 27.9 Å². The predicted molar refractivity (Wildman–Crippen MR) is 90.6 cm³/mol. The third-order valence-corrected chi connectivity index (χ3v) is 4.92. The lowest BCUT2D eigenvalue weighted by Gasteiger charge is -2.34. The van der Waals surface area contributed by atoms with E-state index in [9.17, 15) is 19.8 Å². The largest absolute Gasteiger partial charge is 0.495 e. The van der Waals surface area contributed by atoms with E-state index in [1.165, 1.54) is 39.4 Å². The third-order valence-electron chi connectivity index (χ3n) is 4.14. The average molecular weight is 397 g/mol. The number of carboxylic acids is 2. The van der Waals surface area contributed by atoms with Crippen molar-refractivity contribution in [1.29, 1.82) is 0 Å². The molecule has 0 radical (unpaired) electrons. The van der Waals surface area contributed by atoms with Crippen LogP contribution in [0, 0.1) is 5.41 Å². The lowest BCUT2D eigenvalue weighted by Crippen LogP contribution is -2.36. The summed E-state index contributed by atoms with van der Waals surface area (Å²) in [5.41, 5.74) is -0.935. The van der Waals surface area contributed by atoms with E-state index in [1.54, 1.807) is 12.1 Å². The van der Waals surface area contributed by atoms with Crippen LogP contribution >= 0.6 is 15.9 Å². The summed E-state index contributed by atoms with van der Waals surface area (Å²) in [6, 6.07) is 3.24. The molecule has 2 N–H and O–H groups in total. The normalized spacial score (nSPS) is 22.7. The van der Waals surface area contributed by atoms with Gasteiger partial charge in [0.15, 0.2) is 0 Å². The van der Waals surface area contributed by atoms with Gasteiger partial charge in [0.1, 0.15) is 16.0 Å². The molecule has 1 aliphatic carbocycles. The molecular formula is C17H17BrO6. The number of hydrogen-bond donors (Lipinski definition) is 2. The Morgan fingerprint density at radius 3 is 2.12 bits per heavy atom. The van der Waals surface area contributed by atoms with Gasteiger partial charge < -0.3 is 19.7 Å². The molecule has 2 atom stereocenters. The molecule has 0 fully saturated rings. The van der Waals surface area contributed by atoms with E-state index in [4.69, 9.17) is 9.47 Å². The first-order valence-electron chi connectivity index (χ1n) is 7.03. The zero-order chi connectivity index (χ0) is 18.1. The van der Waals surface area contributed by atoms with E-state index >= 15 is 0 Å². The zero-order valence-corrected chi connectivity index (χ0v) is 15.0. The van der Waals surface area contributed by atoms with Crippen LogP contribution in [-0.2, 0) is 9.59 Å². The maximum absolute atomic E-state index is 11.9. The Hall–Kier alpha value is -2.28.